The van der Waals surface area contributed by atoms with Crippen molar-refractivity contribution in [3.63, 3.8) is 0 Å². The van der Waals surface area contributed by atoms with Crippen LogP contribution < -0.4 is 5.32 Å². The highest BCUT2D eigenvalue weighted by Gasteiger charge is 2.16. The Morgan fingerprint density at radius 2 is 1.34 bits per heavy atom. The van der Waals surface area contributed by atoms with Gasteiger partial charge in [-0.15, -0.1) is 0 Å². The Morgan fingerprint density at radius 1 is 0.759 bits per heavy atom. The van der Waals surface area contributed by atoms with E-state index < -0.39 is 0 Å². The molecule has 0 bridgehead atoms. The third-order valence-electron chi connectivity index (χ3n) is 5.07. The summed E-state index contributed by atoms with van der Waals surface area (Å²) < 4.78 is 2.11. The van der Waals surface area contributed by atoms with Crippen LogP contribution in [0.1, 0.15) is 16.8 Å². The van der Waals surface area contributed by atoms with Gasteiger partial charge in [-0.25, -0.2) is 0 Å². The second kappa shape index (κ2) is 8.95. The molecule has 3 aromatic carbocycles. The van der Waals surface area contributed by atoms with Crippen molar-refractivity contribution >= 4 is 5.82 Å². The summed E-state index contributed by atoms with van der Waals surface area (Å²) in [5, 5.41) is 13.4. The van der Waals surface area contributed by atoms with Crippen LogP contribution in [0.15, 0.2) is 97.1 Å². The van der Waals surface area contributed by atoms with E-state index in [4.69, 9.17) is 0 Å². The maximum atomic E-state index is 9.79. The number of rotatable bonds is 7. The van der Waals surface area contributed by atoms with E-state index in [2.05, 4.69) is 64.5 Å². The molecule has 0 aliphatic rings. The largest absolute Gasteiger partial charge is 0.367 e. The van der Waals surface area contributed by atoms with Crippen molar-refractivity contribution in [3.8, 4) is 17.2 Å². The monoisotopic (exact) mass is 377 g/mol. The van der Waals surface area contributed by atoms with E-state index >= 15 is 0 Å². The van der Waals surface area contributed by atoms with Crippen LogP contribution in [0.2, 0.25) is 0 Å². The first-order valence-corrected chi connectivity index (χ1v) is 9.86. The van der Waals surface area contributed by atoms with Crippen molar-refractivity contribution in [1.29, 1.82) is 5.26 Å². The van der Waals surface area contributed by atoms with Gasteiger partial charge in [0.05, 0.1) is 0 Å². The SMILES string of the molecule is N#Cc1cc(-c2ccccc2)c(NCc2ccccc2)n1CCc1ccccc1. The lowest BCUT2D eigenvalue weighted by Crippen LogP contribution is -2.10. The van der Waals surface area contributed by atoms with Crippen molar-refractivity contribution < 1.29 is 0 Å². The van der Waals surface area contributed by atoms with E-state index in [0.29, 0.717) is 12.2 Å². The molecule has 1 aromatic heterocycles. The van der Waals surface area contributed by atoms with Gasteiger partial charge in [0.15, 0.2) is 0 Å². The number of benzene rings is 3. The first kappa shape index (κ1) is 18.6. The topological polar surface area (TPSA) is 40.8 Å². The van der Waals surface area contributed by atoms with E-state index in [1.54, 1.807) is 0 Å². The second-order valence-electron chi connectivity index (χ2n) is 7.00. The summed E-state index contributed by atoms with van der Waals surface area (Å²) in [6, 6.07) is 35.4. The first-order valence-electron chi connectivity index (χ1n) is 9.86. The van der Waals surface area contributed by atoms with Crippen molar-refractivity contribution in [2.24, 2.45) is 0 Å². The molecule has 29 heavy (non-hydrogen) atoms. The predicted molar refractivity (Wildman–Crippen MR) is 118 cm³/mol. The molecule has 3 nitrogen and oxygen atoms in total. The molecule has 0 unspecified atom stereocenters. The Labute approximate surface area is 171 Å². The fourth-order valence-corrected chi connectivity index (χ4v) is 3.57. The number of anilines is 1. The average molecular weight is 377 g/mol. The minimum atomic E-state index is 0.676. The van der Waals surface area contributed by atoms with E-state index in [9.17, 15) is 5.26 Å². The quantitative estimate of drug-likeness (QED) is 0.437. The molecule has 4 rings (SSSR count). The number of nitrogens with zero attached hydrogens (tertiary/aromatic N) is 2. The van der Waals surface area contributed by atoms with Crippen molar-refractivity contribution in [3.05, 3.63) is 114 Å². The maximum absolute atomic E-state index is 9.79. The molecule has 0 saturated carbocycles. The van der Waals surface area contributed by atoms with E-state index in [0.717, 1.165) is 29.9 Å². The molecule has 0 spiro atoms. The molecule has 1 N–H and O–H groups in total. The highest BCUT2D eigenvalue weighted by Crippen LogP contribution is 2.32. The average Bonchev–Trinajstić information content (AvgIpc) is 3.16. The van der Waals surface area contributed by atoms with Crippen LogP contribution in [0.3, 0.4) is 0 Å². The Morgan fingerprint density at radius 3 is 1.97 bits per heavy atom. The predicted octanol–water partition coefficient (Wildman–Crippen LogP) is 5.88. The van der Waals surface area contributed by atoms with Gasteiger partial charge in [-0.05, 0) is 29.2 Å². The summed E-state index contributed by atoms with van der Waals surface area (Å²) in [5.74, 6) is 0.993. The number of aryl methyl sites for hydroxylation is 1. The van der Waals surface area contributed by atoms with Gasteiger partial charge in [-0.2, -0.15) is 5.26 Å². The van der Waals surface area contributed by atoms with Crippen molar-refractivity contribution in [2.45, 2.75) is 19.5 Å². The van der Waals surface area contributed by atoms with Gasteiger partial charge in [0.1, 0.15) is 17.6 Å². The lowest BCUT2D eigenvalue weighted by molar-refractivity contribution is 0.696. The van der Waals surface area contributed by atoms with Crippen LogP contribution in [0.25, 0.3) is 11.1 Å². The van der Waals surface area contributed by atoms with Gasteiger partial charge in [0.25, 0.3) is 0 Å². The Kier molecular flexibility index (Phi) is 5.73. The summed E-state index contributed by atoms with van der Waals surface area (Å²) in [4.78, 5) is 0. The molecule has 0 aliphatic heterocycles. The molecule has 0 aliphatic carbocycles. The molecular formula is C26H23N3. The van der Waals surface area contributed by atoms with Crippen molar-refractivity contribution in [1.82, 2.24) is 4.57 Å². The normalized spacial score (nSPS) is 10.4. The van der Waals surface area contributed by atoms with Crippen LogP contribution in [0.4, 0.5) is 5.82 Å². The van der Waals surface area contributed by atoms with Gasteiger partial charge >= 0.3 is 0 Å². The maximum Gasteiger partial charge on any atom is 0.122 e. The number of hydrogen-bond acceptors (Lipinski definition) is 2. The molecule has 1 heterocycles. The summed E-state index contributed by atoms with van der Waals surface area (Å²) >= 11 is 0. The Bertz CT molecular complexity index is 1090. The van der Waals surface area contributed by atoms with Crippen LogP contribution in [-0.4, -0.2) is 4.57 Å². The highest BCUT2D eigenvalue weighted by molar-refractivity contribution is 5.78. The highest BCUT2D eigenvalue weighted by atomic mass is 15.1. The fraction of sp³-hybridized carbons (Fsp3) is 0.115. The Hall–Kier alpha value is -3.77. The lowest BCUT2D eigenvalue weighted by atomic mass is 10.1. The third-order valence-corrected chi connectivity index (χ3v) is 5.07. The zero-order valence-corrected chi connectivity index (χ0v) is 16.3. The zero-order valence-electron chi connectivity index (χ0n) is 16.3. The van der Waals surface area contributed by atoms with E-state index in [1.165, 1.54) is 11.1 Å². The minimum absolute atomic E-state index is 0.676. The molecule has 0 amide bonds. The fourth-order valence-electron chi connectivity index (χ4n) is 3.57. The number of nitriles is 1. The zero-order chi connectivity index (χ0) is 19.9. The van der Waals surface area contributed by atoms with Gasteiger partial charge in [0.2, 0.25) is 0 Å². The molecule has 3 heteroatoms. The van der Waals surface area contributed by atoms with Gasteiger partial charge in [-0.3, -0.25) is 0 Å². The first-order chi connectivity index (χ1) is 14.3. The van der Waals surface area contributed by atoms with E-state index in [1.807, 2.05) is 48.5 Å². The summed E-state index contributed by atoms with van der Waals surface area (Å²) in [7, 11) is 0. The van der Waals surface area contributed by atoms with Gasteiger partial charge < -0.3 is 9.88 Å². The molecular weight excluding hydrogens is 354 g/mol. The number of hydrogen-bond donors (Lipinski definition) is 1. The summed E-state index contributed by atoms with van der Waals surface area (Å²) in [6.07, 6.45) is 0.873. The van der Waals surface area contributed by atoms with Crippen LogP contribution in [0.5, 0.6) is 0 Å². The van der Waals surface area contributed by atoms with Gasteiger partial charge in [-0.1, -0.05) is 91.0 Å². The number of aromatic nitrogens is 1. The standard InChI is InChI=1S/C26H23N3/c27-19-24-18-25(23-14-8-3-9-15-23)26(28-20-22-12-6-2-7-13-22)29(24)17-16-21-10-4-1-5-11-21/h1-15,18,28H,16-17,20H2. The van der Waals surface area contributed by atoms with Crippen molar-refractivity contribution in [2.75, 3.05) is 5.32 Å². The lowest BCUT2D eigenvalue weighted by Gasteiger charge is -2.15. The minimum Gasteiger partial charge on any atom is -0.367 e. The molecule has 142 valence electrons. The summed E-state index contributed by atoms with van der Waals surface area (Å²) in [6.45, 7) is 1.46. The molecule has 0 saturated heterocycles. The molecule has 0 fully saturated rings. The third kappa shape index (κ3) is 4.39. The molecule has 0 atom stereocenters. The molecule has 4 aromatic rings. The second-order valence-corrected chi connectivity index (χ2v) is 7.00. The Balaban J connectivity index is 1.69. The molecule has 0 radical (unpaired) electrons. The van der Waals surface area contributed by atoms with Crippen LogP contribution >= 0.6 is 0 Å². The van der Waals surface area contributed by atoms with E-state index in [-0.39, 0.29) is 0 Å². The number of nitrogens with one attached hydrogen (secondary N) is 1. The van der Waals surface area contributed by atoms with Crippen LogP contribution in [0, 0.1) is 11.3 Å². The van der Waals surface area contributed by atoms with Crippen LogP contribution in [-0.2, 0) is 19.5 Å². The summed E-state index contributed by atoms with van der Waals surface area (Å²) in [5.41, 5.74) is 5.32. The smallest absolute Gasteiger partial charge is 0.122 e. The van der Waals surface area contributed by atoms with Gasteiger partial charge in [0, 0.05) is 18.7 Å².